The maximum absolute atomic E-state index is 13.4. The van der Waals surface area contributed by atoms with E-state index >= 15 is 0 Å². The van der Waals surface area contributed by atoms with Gasteiger partial charge in [0, 0.05) is 24.2 Å². The minimum absolute atomic E-state index is 0.0227. The Morgan fingerprint density at radius 1 is 1.20 bits per heavy atom. The molecule has 0 bridgehead atoms. The molecule has 3 N–H and O–H groups in total. The van der Waals surface area contributed by atoms with Crippen molar-refractivity contribution in [3.8, 4) is 17.0 Å². The second kappa shape index (κ2) is 11.3. The van der Waals surface area contributed by atoms with Crippen LogP contribution in [0.5, 0.6) is 5.75 Å². The van der Waals surface area contributed by atoms with Crippen LogP contribution in [0.2, 0.25) is 5.02 Å². The number of nitrogens with one attached hydrogen (secondary N) is 1. The number of nitrogens with zero attached hydrogens (tertiary/aromatic N) is 2. The van der Waals surface area contributed by atoms with E-state index in [-0.39, 0.29) is 30.9 Å². The quantitative estimate of drug-likeness (QED) is 0.329. The molecule has 0 spiro atoms. The molecule has 224 valence electrons. The van der Waals surface area contributed by atoms with Gasteiger partial charge >= 0.3 is 19.0 Å². The summed E-state index contributed by atoms with van der Waals surface area (Å²) >= 11 is 6.34. The smallest absolute Gasteiger partial charge is 0.430 e. The number of carbonyl (C=O) groups excluding carboxylic acids is 1. The number of benzene rings is 1. The van der Waals surface area contributed by atoms with Crippen molar-refractivity contribution in [1.29, 1.82) is 0 Å². The molecule has 1 aliphatic carbocycles. The van der Waals surface area contributed by atoms with Crippen molar-refractivity contribution >= 4 is 17.5 Å². The summed E-state index contributed by atoms with van der Waals surface area (Å²) < 4.78 is 112. The summed E-state index contributed by atoms with van der Waals surface area (Å²) in [5, 5.41) is 26.5. The molecule has 40 heavy (non-hydrogen) atoms. The predicted molar refractivity (Wildman–Crippen MR) is 126 cm³/mol. The number of halogens is 9. The van der Waals surface area contributed by atoms with Crippen molar-refractivity contribution in [2.24, 2.45) is 5.92 Å². The largest absolute Gasteiger partial charge is 0.434 e. The molecule has 1 amide bonds. The number of rotatable bonds is 8. The van der Waals surface area contributed by atoms with Gasteiger partial charge in [0.1, 0.15) is 5.75 Å². The minimum Gasteiger partial charge on any atom is -0.434 e. The fraction of sp³-hybridized carbons (Fsp3) is 0.583. The van der Waals surface area contributed by atoms with E-state index < -0.39 is 63.7 Å². The zero-order valence-corrected chi connectivity index (χ0v) is 21.9. The van der Waals surface area contributed by atoms with E-state index in [0.717, 1.165) is 17.5 Å². The van der Waals surface area contributed by atoms with Crippen LogP contribution in [0.1, 0.15) is 55.6 Å². The number of hydrogen-bond donors (Lipinski definition) is 3. The molecule has 7 nitrogen and oxygen atoms in total. The molecule has 1 fully saturated rings. The van der Waals surface area contributed by atoms with Crippen LogP contribution in [0.25, 0.3) is 11.3 Å². The maximum Gasteiger partial charge on any atom is 0.430 e. The fourth-order valence-electron chi connectivity index (χ4n) is 4.50. The molecule has 1 heterocycles. The van der Waals surface area contributed by atoms with E-state index in [2.05, 4.69) is 15.2 Å². The molecule has 1 aliphatic rings. The lowest BCUT2D eigenvalue weighted by Gasteiger charge is -2.34. The van der Waals surface area contributed by atoms with Gasteiger partial charge in [-0.25, -0.2) is 0 Å². The van der Waals surface area contributed by atoms with Gasteiger partial charge in [-0.2, -0.15) is 40.2 Å². The highest BCUT2D eigenvalue weighted by atomic mass is 35.5. The van der Waals surface area contributed by atoms with E-state index in [1.54, 1.807) is 0 Å². The van der Waals surface area contributed by atoms with Crippen molar-refractivity contribution in [2.45, 2.75) is 76.2 Å². The Morgan fingerprint density at radius 2 is 1.77 bits per heavy atom. The van der Waals surface area contributed by atoms with Crippen molar-refractivity contribution in [3.05, 3.63) is 34.5 Å². The Kier molecular flexibility index (Phi) is 9.02. The minimum atomic E-state index is -6.27. The van der Waals surface area contributed by atoms with Crippen LogP contribution in [-0.4, -0.2) is 57.0 Å². The van der Waals surface area contributed by atoms with Gasteiger partial charge in [0.2, 0.25) is 0 Å². The molecule has 0 atom stereocenters. The van der Waals surface area contributed by atoms with Crippen LogP contribution in [0.4, 0.5) is 35.1 Å². The number of ether oxygens (including phenoxy) is 1. The van der Waals surface area contributed by atoms with E-state index in [9.17, 15) is 50.1 Å². The second-order valence-electron chi connectivity index (χ2n) is 9.71. The number of carbonyl (C=O) groups is 1. The van der Waals surface area contributed by atoms with Crippen molar-refractivity contribution in [1.82, 2.24) is 15.1 Å². The molecule has 1 aromatic carbocycles. The number of aliphatic hydroxyl groups is 2. The van der Waals surface area contributed by atoms with Crippen LogP contribution in [-0.2, 0) is 12.1 Å². The number of amides is 1. The van der Waals surface area contributed by atoms with Gasteiger partial charge in [-0.05, 0) is 50.7 Å². The SMILES string of the molecule is CCn1nc(C(=O)NCC2(O)CCC(C)CC2)c(Cl)c1-c1ccc(C(O)(C(F)(F)F)C(F)(F)F)cc1OC(F)F. The first-order valence-corrected chi connectivity index (χ1v) is 12.4. The summed E-state index contributed by atoms with van der Waals surface area (Å²) in [6.07, 6.45) is -10.2. The summed E-state index contributed by atoms with van der Waals surface area (Å²) in [4.78, 5) is 12.9. The lowest BCUT2D eigenvalue weighted by Crippen LogP contribution is -2.53. The topological polar surface area (TPSA) is 96.6 Å². The van der Waals surface area contributed by atoms with Crippen LogP contribution in [0.15, 0.2) is 18.2 Å². The van der Waals surface area contributed by atoms with E-state index in [4.69, 9.17) is 11.6 Å². The molecule has 0 radical (unpaired) electrons. The third-order valence-electron chi connectivity index (χ3n) is 6.88. The molecule has 2 aromatic rings. The number of hydrogen-bond acceptors (Lipinski definition) is 5. The van der Waals surface area contributed by atoms with Gasteiger partial charge in [0.15, 0.2) is 5.69 Å². The van der Waals surface area contributed by atoms with Gasteiger partial charge in [0.05, 0.1) is 16.3 Å². The molecule has 1 saturated carbocycles. The van der Waals surface area contributed by atoms with Crippen LogP contribution in [0.3, 0.4) is 0 Å². The second-order valence-corrected chi connectivity index (χ2v) is 10.1. The number of aromatic nitrogens is 2. The van der Waals surface area contributed by atoms with E-state index in [1.165, 1.54) is 6.92 Å². The highest BCUT2D eigenvalue weighted by molar-refractivity contribution is 6.36. The molecule has 0 saturated heterocycles. The third kappa shape index (κ3) is 6.15. The van der Waals surface area contributed by atoms with Gasteiger partial charge in [-0.3, -0.25) is 9.48 Å². The van der Waals surface area contributed by atoms with Gasteiger partial charge in [-0.1, -0.05) is 24.6 Å². The Bertz CT molecular complexity index is 1210. The fourth-order valence-corrected chi connectivity index (χ4v) is 4.82. The standard InChI is InChI=1S/C24H26ClF8N3O4/c1-3-36-18(16(25)17(35-36)19(37)34-11-21(38)8-6-12(2)7-9-21)14-5-4-13(10-15(14)40-20(26)27)22(39,23(28,29)30)24(31,32)33/h4-5,10,12,20,38-39H,3,6-9,11H2,1-2H3,(H,34,37). The molecule has 1 aromatic heterocycles. The first-order valence-electron chi connectivity index (χ1n) is 12.1. The average Bonchev–Trinajstić information content (AvgIpc) is 3.18. The normalized spacial score (nSPS) is 20.6. The molecular weight excluding hydrogens is 582 g/mol. The summed E-state index contributed by atoms with van der Waals surface area (Å²) in [5.41, 5.74) is -9.68. The lowest BCUT2D eigenvalue weighted by molar-refractivity contribution is -0.376. The Labute approximate surface area is 228 Å². The van der Waals surface area contributed by atoms with Gasteiger partial charge in [-0.15, -0.1) is 0 Å². The predicted octanol–water partition coefficient (Wildman–Crippen LogP) is 5.81. The maximum atomic E-state index is 13.4. The molecule has 3 rings (SSSR count). The van der Waals surface area contributed by atoms with Crippen molar-refractivity contribution in [3.63, 3.8) is 0 Å². The van der Waals surface area contributed by atoms with E-state index in [0.29, 0.717) is 24.8 Å². The highest BCUT2D eigenvalue weighted by Crippen LogP contribution is 2.51. The van der Waals surface area contributed by atoms with Gasteiger partial charge < -0.3 is 20.3 Å². The Morgan fingerprint density at radius 3 is 2.27 bits per heavy atom. The van der Waals surface area contributed by atoms with Crippen molar-refractivity contribution < 1.29 is 54.9 Å². The summed E-state index contributed by atoms with van der Waals surface area (Å²) in [6.45, 7) is -0.381. The van der Waals surface area contributed by atoms with Crippen LogP contribution in [0, 0.1) is 5.92 Å². The van der Waals surface area contributed by atoms with Gasteiger partial charge in [0.25, 0.3) is 11.5 Å². The molecule has 16 heteroatoms. The summed E-state index contributed by atoms with van der Waals surface area (Å²) in [6, 6.07) is 0.778. The third-order valence-corrected chi connectivity index (χ3v) is 7.24. The summed E-state index contributed by atoms with van der Waals surface area (Å²) in [5.74, 6) is -1.64. The Balaban J connectivity index is 2.05. The first-order chi connectivity index (χ1) is 18.3. The van der Waals surface area contributed by atoms with Crippen LogP contribution < -0.4 is 10.1 Å². The lowest BCUT2D eigenvalue weighted by atomic mass is 9.79. The Hall–Kier alpha value is -2.65. The summed E-state index contributed by atoms with van der Waals surface area (Å²) in [7, 11) is 0. The number of aryl methyl sites for hydroxylation is 1. The average molecular weight is 608 g/mol. The van der Waals surface area contributed by atoms with Crippen molar-refractivity contribution in [2.75, 3.05) is 6.54 Å². The monoisotopic (exact) mass is 607 g/mol. The number of alkyl halides is 8. The molecule has 0 unspecified atom stereocenters. The molecular formula is C24H26ClF8N3O4. The van der Waals surface area contributed by atoms with Crippen LogP contribution >= 0.6 is 11.6 Å². The zero-order valence-electron chi connectivity index (χ0n) is 21.1. The zero-order chi connectivity index (χ0) is 30.3. The first kappa shape index (κ1) is 31.9. The van der Waals surface area contributed by atoms with E-state index in [1.807, 2.05) is 6.92 Å². The molecule has 0 aliphatic heterocycles. The highest BCUT2D eigenvalue weighted by Gasteiger charge is 2.71.